The smallest absolute Gasteiger partial charge is 0.262 e. The van der Waals surface area contributed by atoms with Crippen molar-refractivity contribution in [1.82, 2.24) is 19.8 Å². The predicted molar refractivity (Wildman–Crippen MR) is 155 cm³/mol. The summed E-state index contributed by atoms with van der Waals surface area (Å²) in [6.45, 7) is 6.11. The van der Waals surface area contributed by atoms with E-state index in [-0.39, 0.29) is 47.2 Å². The van der Waals surface area contributed by atoms with E-state index in [1.807, 2.05) is 44.2 Å². The van der Waals surface area contributed by atoms with Gasteiger partial charge in [0.1, 0.15) is 6.04 Å². The normalized spacial score (nSPS) is 19.4. The number of carbonyl (C=O) groups is 3. The molecular weight excluding hydrogens is 548 g/mol. The molecule has 40 heavy (non-hydrogen) atoms. The fourth-order valence-electron chi connectivity index (χ4n) is 5.65. The molecule has 212 valence electrons. The number of fused-ring (bicyclic) bond motifs is 3. The Bertz CT molecular complexity index is 1520. The number of hydrogen-bond donors (Lipinski definition) is 2. The van der Waals surface area contributed by atoms with Crippen LogP contribution in [0.1, 0.15) is 41.9 Å². The van der Waals surface area contributed by atoms with E-state index >= 15 is 0 Å². The highest BCUT2D eigenvalue weighted by Crippen LogP contribution is 2.32. The van der Waals surface area contributed by atoms with Gasteiger partial charge >= 0.3 is 0 Å². The van der Waals surface area contributed by atoms with E-state index in [2.05, 4.69) is 10.0 Å². The van der Waals surface area contributed by atoms with Crippen LogP contribution in [-0.2, 0) is 19.6 Å². The number of nitrogens with one attached hydrogen (secondary N) is 2. The number of carbonyl (C=O) groups excluding carboxylic acids is 3. The molecule has 5 rings (SSSR count). The molecule has 9 nitrogen and oxygen atoms in total. The number of amides is 3. The van der Waals surface area contributed by atoms with E-state index in [4.69, 9.17) is 0 Å². The number of benzene rings is 2. The summed E-state index contributed by atoms with van der Waals surface area (Å²) < 4.78 is 28.9. The largest absolute Gasteiger partial charge is 0.340 e. The van der Waals surface area contributed by atoms with Crippen LogP contribution < -0.4 is 10.0 Å². The van der Waals surface area contributed by atoms with Crippen molar-refractivity contribution in [2.75, 3.05) is 19.6 Å². The fourth-order valence-corrected chi connectivity index (χ4v) is 7.84. The van der Waals surface area contributed by atoms with Crippen LogP contribution in [0.5, 0.6) is 0 Å². The summed E-state index contributed by atoms with van der Waals surface area (Å²) in [4.78, 5) is 43.9. The highest BCUT2D eigenvalue weighted by molar-refractivity contribution is 7.89. The van der Waals surface area contributed by atoms with E-state index in [9.17, 15) is 22.8 Å². The lowest BCUT2D eigenvalue weighted by molar-refractivity contribution is -0.140. The molecule has 2 aromatic carbocycles. The van der Waals surface area contributed by atoms with Crippen molar-refractivity contribution < 1.29 is 22.8 Å². The molecule has 0 spiro atoms. The van der Waals surface area contributed by atoms with Crippen LogP contribution in [0.25, 0.3) is 10.1 Å². The Morgan fingerprint density at radius 1 is 1.00 bits per heavy atom. The van der Waals surface area contributed by atoms with E-state index in [1.165, 1.54) is 17.4 Å². The zero-order valence-corrected chi connectivity index (χ0v) is 24.4. The van der Waals surface area contributed by atoms with Crippen molar-refractivity contribution in [2.45, 2.75) is 56.6 Å². The first kappa shape index (κ1) is 28.3. The van der Waals surface area contributed by atoms with Crippen molar-refractivity contribution >= 4 is 49.2 Å². The summed E-state index contributed by atoms with van der Waals surface area (Å²) in [6, 6.07) is 15.3. The topological polar surface area (TPSA) is 116 Å². The third-order valence-electron chi connectivity index (χ3n) is 7.60. The highest BCUT2D eigenvalue weighted by Gasteiger charge is 2.48. The van der Waals surface area contributed by atoms with Gasteiger partial charge in [0.05, 0.1) is 28.4 Å². The summed E-state index contributed by atoms with van der Waals surface area (Å²) in [5.41, 5.74) is 0.604. The zero-order valence-electron chi connectivity index (χ0n) is 22.8. The van der Waals surface area contributed by atoms with Crippen LogP contribution in [-0.4, -0.2) is 73.7 Å². The van der Waals surface area contributed by atoms with Crippen LogP contribution in [0, 0.1) is 12.8 Å². The van der Waals surface area contributed by atoms with Gasteiger partial charge in [-0.25, -0.2) is 13.1 Å². The van der Waals surface area contributed by atoms with E-state index in [0.29, 0.717) is 36.4 Å². The molecule has 2 aliphatic heterocycles. The first-order chi connectivity index (χ1) is 19.0. The van der Waals surface area contributed by atoms with E-state index in [1.54, 1.807) is 34.9 Å². The molecule has 3 amide bonds. The van der Waals surface area contributed by atoms with Crippen molar-refractivity contribution in [1.29, 1.82) is 0 Å². The van der Waals surface area contributed by atoms with Gasteiger partial charge < -0.3 is 15.1 Å². The molecule has 0 aliphatic carbocycles. The van der Waals surface area contributed by atoms with Crippen LogP contribution in [0.3, 0.4) is 0 Å². The Kier molecular flexibility index (Phi) is 7.98. The second kappa shape index (κ2) is 11.3. The molecule has 0 radical (unpaired) electrons. The number of nitrogens with zero attached hydrogens (tertiary/aromatic N) is 2. The van der Waals surface area contributed by atoms with Gasteiger partial charge in [0.2, 0.25) is 21.8 Å². The lowest BCUT2D eigenvalue weighted by Crippen LogP contribution is -2.57. The first-order valence-electron chi connectivity index (χ1n) is 13.5. The molecular formula is C29H34N4O5S2. The third-order valence-corrected chi connectivity index (χ3v) is 10.3. The average Bonchev–Trinajstić information content (AvgIpc) is 3.65. The second-order valence-electron chi connectivity index (χ2n) is 11.0. The van der Waals surface area contributed by atoms with Crippen molar-refractivity contribution in [3.8, 4) is 0 Å². The zero-order chi connectivity index (χ0) is 28.6. The van der Waals surface area contributed by atoms with Crippen LogP contribution in [0.15, 0.2) is 59.5 Å². The Balaban J connectivity index is 1.21. The predicted octanol–water partition coefficient (Wildman–Crippen LogP) is 3.14. The van der Waals surface area contributed by atoms with Crippen LogP contribution >= 0.6 is 11.3 Å². The van der Waals surface area contributed by atoms with Crippen molar-refractivity contribution in [3.63, 3.8) is 0 Å². The summed E-state index contributed by atoms with van der Waals surface area (Å²) in [7, 11) is -3.82. The molecule has 2 bridgehead atoms. The van der Waals surface area contributed by atoms with Crippen LogP contribution in [0.4, 0.5) is 0 Å². The van der Waals surface area contributed by atoms with Gasteiger partial charge in [-0.1, -0.05) is 50.2 Å². The third kappa shape index (κ3) is 5.77. The molecule has 2 saturated heterocycles. The molecule has 3 heterocycles. The Morgan fingerprint density at radius 2 is 1.68 bits per heavy atom. The number of hydrogen-bond acceptors (Lipinski definition) is 6. The maximum absolute atomic E-state index is 13.7. The van der Waals surface area contributed by atoms with Gasteiger partial charge in [-0.15, -0.1) is 11.3 Å². The molecule has 2 N–H and O–H groups in total. The molecule has 1 unspecified atom stereocenters. The average molecular weight is 583 g/mol. The van der Waals surface area contributed by atoms with Gasteiger partial charge in [0.15, 0.2) is 0 Å². The van der Waals surface area contributed by atoms with Crippen molar-refractivity contribution in [3.05, 3.63) is 65.0 Å². The minimum Gasteiger partial charge on any atom is -0.340 e. The minimum atomic E-state index is -3.82. The monoisotopic (exact) mass is 582 g/mol. The summed E-state index contributed by atoms with van der Waals surface area (Å²) in [5, 5.41) is 3.97. The van der Waals surface area contributed by atoms with Gasteiger partial charge in [0.25, 0.3) is 5.91 Å². The molecule has 1 aromatic heterocycles. The Hall–Kier alpha value is -3.28. The lowest BCUT2D eigenvalue weighted by Gasteiger charge is -2.36. The van der Waals surface area contributed by atoms with E-state index in [0.717, 1.165) is 10.1 Å². The van der Waals surface area contributed by atoms with Crippen LogP contribution in [0.2, 0.25) is 0 Å². The molecule has 0 saturated carbocycles. The van der Waals surface area contributed by atoms with Gasteiger partial charge in [-0.2, -0.15) is 0 Å². The molecule has 3 aromatic rings. The molecule has 2 fully saturated rings. The number of rotatable bonds is 9. The SMILES string of the molecule is Cc1ccccc1S(=O)(=O)NCC(=O)N1C[C@@H]2C[C@H]1CN2C(=O)C(CC(C)C)NC(=O)c1cc2ccccc2s1. The molecule has 3 atom stereocenters. The van der Waals surface area contributed by atoms with Gasteiger partial charge in [0, 0.05) is 17.8 Å². The maximum atomic E-state index is 13.7. The Labute approximate surface area is 238 Å². The standard InChI is InChI=1S/C29H34N4O5S2/c1-18(2)12-23(31-28(35)25-13-20-9-5-6-10-24(20)39-25)29(36)33-17-21-14-22(33)16-32(21)27(34)15-30-40(37,38)26-11-7-4-8-19(26)3/h4-11,13,18,21-23,30H,12,14-17H2,1-3H3,(H,31,35)/t21-,22-,23?/m0/s1. The van der Waals surface area contributed by atoms with Crippen molar-refractivity contribution in [2.24, 2.45) is 5.92 Å². The number of piperazine rings is 1. The summed E-state index contributed by atoms with van der Waals surface area (Å²) in [6.07, 6.45) is 1.15. The fraction of sp³-hybridized carbons (Fsp3) is 0.414. The quantitative estimate of drug-likeness (QED) is 0.402. The van der Waals surface area contributed by atoms with E-state index < -0.39 is 16.1 Å². The Morgan fingerprint density at radius 3 is 2.35 bits per heavy atom. The number of aryl methyl sites for hydroxylation is 1. The summed E-state index contributed by atoms with van der Waals surface area (Å²) >= 11 is 1.40. The molecule has 11 heteroatoms. The highest BCUT2D eigenvalue weighted by atomic mass is 32.2. The minimum absolute atomic E-state index is 0.136. The summed E-state index contributed by atoms with van der Waals surface area (Å²) in [5.74, 6) is -0.519. The number of likely N-dealkylation sites (tertiary alicyclic amines) is 2. The molecule has 2 aliphatic rings. The van der Waals surface area contributed by atoms with Gasteiger partial charge in [-0.05, 0) is 54.8 Å². The maximum Gasteiger partial charge on any atom is 0.262 e. The number of sulfonamides is 1. The first-order valence-corrected chi connectivity index (χ1v) is 15.8. The van der Waals surface area contributed by atoms with Gasteiger partial charge in [-0.3, -0.25) is 14.4 Å². The number of thiophene rings is 1. The lowest BCUT2D eigenvalue weighted by atomic mass is 10.0. The second-order valence-corrected chi connectivity index (χ2v) is 13.8.